The molecule has 0 aliphatic carbocycles. The van der Waals surface area contributed by atoms with Gasteiger partial charge >= 0.3 is 5.82 Å². The molecule has 0 bridgehead atoms. The number of hydrogen-bond acceptors (Lipinski definition) is 4. The Morgan fingerprint density at radius 1 is 0.765 bits per heavy atom. The van der Waals surface area contributed by atoms with Crippen molar-refractivity contribution < 1.29 is 13.0 Å². The standard InChI is InChI=1S/C26H20ClN4O2S/c27-21-12-14-22(15-13-21)34(32,33)30-25-26(29-24-11-5-4-10-23(24)28-25)31-16-6-9-20(18-31)17-19-7-2-1-3-8-19/h1-16,18H,17H2,(H,28,30)/q+1. The van der Waals surface area contributed by atoms with Crippen molar-refractivity contribution in [2.24, 2.45) is 0 Å². The fourth-order valence-corrected chi connectivity index (χ4v) is 4.76. The van der Waals surface area contributed by atoms with Crippen molar-refractivity contribution >= 4 is 38.5 Å². The van der Waals surface area contributed by atoms with E-state index < -0.39 is 10.0 Å². The minimum absolute atomic E-state index is 0.0839. The second-order valence-corrected chi connectivity index (χ2v) is 9.84. The van der Waals surface area contributed by atoms with Gasteiger partial charge in [-0.2, -0.15) is 4.57 Å². The van der Waals surface area contributed by atoms with Crippen LogP contribution in [0.5, 0.6) is 0 Å². The SMILES string of the molecule is O=S(=O)(Nc1nc2ccccc2nc1-[n+]1cccc(Cc2ccccc2)c1)c1ccc(Cl)cc1. The first-order chi connectivity index (χ1) is 16.5. The van der Waals surface area contributed by atoms with Crippen LogP contribution in [0.3, 0.4) is 0 Å². The van der Waals surface area contributed by atoms with Gasteiger partial charge in [0.2, 0.25) is 11.3 Å². The van der Waals surface area contributed by atoms with Gasteiger partial charge in [0, 0.05) is 11.4 Å². The summed E-state index contributed by atoms with van der Waals surface area (Å²) in [4.78, 5) is 9.42. The van der Waals surface area contributed by atoms with E-state index in [1.807, 2.05) is 60.9 Å². The molecule has 2 aromatic heterocycles. The Kier molecular flexibility index (Phi) is 5.96. The fraction of sp³-hybridized carbons (Fsp3) is 0.0385. The molecule has 0 aliphatic rings. The summed E-state index contributed by atoms with van der Waals surface area (Å²) in [5.74, 6) is 0.515. The summed E-state index contributed by atoms with van der Waals surface area (Å²) in [6.45, 7) is 0. The molecule has 0 amide bonds. The van der Waals surface area contributed by atoms with Crippen LogP contribution in [0.4, 0.5) is 5.82 Å². The number of hydrogen-bond donors (Lipinski definition) is 1. The predicted octanol–water partition coefficient (Wildman–Crippen LogP) is 4.95. The molecule has 3 aromatic carbocycles. The lowest BCUT2D eigenvalue weighted by Gasteiger charge is -2.09. The summed E-state index contributed by atoms with van der Waals surface area (Å²) in [7, 11) is -3.91. The van der Waals surface area contributed by atoms with Gasteiger partial charge in [0.15, 0.2) is 0 Å². The maximum absolute atomic E-state index is 13.1. The molecule has 0 radical (unpaired) electrons. The normalized spacial score (nSPS) is 11.4. The number of anilines is 1. The molecule has 0 saturated heterocycles. The summed E-state index contributed by atoms with van der Waals surface area (Å²) >= 11 is 5.92. The number of aromatic nitrogens is 3. The third kappa shape index (κ3) is 4.76. The van der Waals surface area contributed by atoms with Crippen LogP contribution < -0.4 is 9.29 Å². The van der Waals surface area contributed by atoms with E-state index in [9.17, 15) is 8.42 Å². The van der Waals surface area contributed by atoms with E-state index >= 15 is 0 Å². The van der Waals surface area contributed by atoms with E-state index in [-0.39, 0.29) is 10.7 Å². The highest BCUT2D eigenvalue weighted by molar-refractivity contribution is 7.92. The summed E-state index contributed by atoms with van der Waals surface area (Å²) in [6.07, 6.45) is 4.49. The van der Waals surface area contributed by atoms with Gasteiger partial charge in [0.05, 0.1) is 17.3 Å². The van der Waals surface area contributed by atoms with Crippen molar-refractivity contribution in [2.45, 2.75) is 11.3 Å². The zero-order valence-electron chi connectivity index (χ0n) is 18.0. The van der Waals surface area contributed by atoms with E-state index in [1.54, 1.807) is 10.6 Å². The van der Waals surface area contributed by atoms with E-state index in [1.165, 1.54) is 29.8 Å². The highest BCUT2D eigenvalue weighted by Crippen LogP contribution is 2.22. The van der Waals surface area contributed by atoms with Crippen LogP contribution in [0.25, 0.3) is 16.9 Å². The molecule has 5 aromatic rings. The third-order valence-corrected chi connectivity index (χ3v) is 6.87. The topological polar surface area (TPSA) is 75.8 Å². The summed E-state index contributed by atoms with van der Waals surface area (Å²) < 4.78 is 30.6. The van der Waals surface area contributed by atoms with Crippen molar-refractivity contribution in [1.82, 2.24) is 9.97 Å². The smallest absolute Gasteiger partial charge is 0.256 e. The molecule has 1 N–H and O–H groups in total. The van der Waals surface area contributed by atoms with Crippen LogP contribution in [0.15, 0.2) is 108 Å². The quantitative estimate of drug-likeness (QED) is 0.344. The Morgan fingerprint density at radius 3 is 2.15 bits per heavy atom. The van der Waals surface area contributed by atoms with Crippen LogP contribution in [0.1, 0.15) is 11.1 Å². The Balaban J connectivity index is 1.59. The van der Waals surface area contributed by atoms with Crippen molar-refractivity contribution in [2.75, 3.05) is 4.72 Å². The number of halogens is 1. The lowest BCUT2D eigenvalue weighted by atomic mass is 10.1. The summed E-state index contributed by atoms with van der Waals surface area (Å²) in [6, 6.07) is 27.4. The maximum Gasteiger partial charge on any atom is 0.372 e. The molecule has 5 rings (SSSR count). The molecule has 0 unspecified atom stereocenters. The molecule has 0 spiro atoms. The first-order valence-corrected chi connectivity index (χ1v) is 12.4. The maximum atomic E-state index is 13.1. The van der Waals surface area contributed by atoms with Crippen LogP contribution in [-0.2, 0) is 16.4 Å². The van der Waals surface area contributed by atoms with Gasteiger partial charge in [-0.05, 0) is 58.6 Å². The average molecular weight is 488 g/mol. The molecule has 2 heterocycles. The summed E-state index contributed by atoms with van der Waals surface area (Å²) in [5.41, 5.74) is 3.47. The second kappa shape index (κ2) is 9.21. The van der Waals surface area contributed by atoms with E-state index in [0.717, 1.165) is 12.0 Å². The first kappa shape index (κ1) is 22.0. The molecule has 34 heavy (non-hydrogen) atoms. The van der Waals surface area contributed by atoms with Crippen LogP contribution in [0, 0.1) is 0 Å². The molecule has 0 fully saturated rings. The van der Waals surface area contributed by atoms with Crippen LogP contribution in [-0.4, -0.2) is 18.4 Å². The second-order valence-electron chi connectivity index (χ2n) is 7.73. The predicted molar refractivity (Wildman–Crippen MR) is 133 cm³/mol. The van der Waals surface area contributed by atoms with E-state index in [4.69, 9.17) is 16.6 Å². The molecule has 0 saturated carbocycles. The number of rotatable bonds is 6. The zero-order chi connectivity index (χ0) is 23.5. The van der Waals surface area contributed by atoms with Gasteiger partial charge in [-0.3, -0.25) is 4.72 Å². The van der Waals surface area contributed by atoms with Crippen molar-refractivity contribution in [1.29, 1.82) is 0 Å². The molecule has 0 atom stereocenters. The Hall–Kier alpha value is -3.81. The molecular weight excluding hydrogens is 468 g/mol. The number of nitrogens with zero attached hydrogens (tertiary/aromatic N) is 3. The van der Waals surface area contributed by atoms with E-state index in [2.05, 4.69) is 21.8 Å². The molecule has 6 nitrogen and oxygen atoms in total. The Labute approximate surface area is 202 Å². The monoisotopic (exact) mass is 487 g/mol. The minimum Gasteiger partial charge on any atom is -0.256 e. The average Bonchev–Trinajstić information content (AvgIpc) is 2.84. The number of fused-ring (bicyclic) bond motifs is 1. The van der Waals surface area contributed by atoms with Crippen LogP contribution in [0.2, 0.25) is 5.02 Å². The van der Waals surface area contributed by atoms with E-state index in [0.29, 0.717) is 21.9 Å². The highest BCUT2D eigenvalue weighted by atomic mass is 35.5. The van der Waals surface area contributed by atoms with Crippen molar-refractivity contribution in [3.8, 4) is 5.82 Å². The van der Waals surface area contributed by atoms with Gasteiger partial charge in [0.1, 0.15) is 5.52 Å². The van der Waals surface area contributed by atoms with Crippen molar-refractivity contribution in [3.05, 3.63) is 120 Å². The van der Waals surface area contributed by atoms with Gasteiger partial charge in [-0.1, -0.05) is 60.1 Å². The van der Waals surface area contributed by atoms with Gasteiger partial charge in [0.25, 0.3) is 10.0 Å². The Morgan fingerprint density at radius 2 is 1.41 bits per heavy atom. The highest BCUT2D eigenvalue weighted by Gasteiger charge is 2.25. The number of para-hydroxylation sites is 2. The minimum atomic E-state index is -3.91. The lowest BCUT2D eigenvalue weighted by molar-refractivity contribution is -0.599. The number of sulfonamides is 1. The van der Waals surface area contributed by atoms with Crippen molar-refractivity contribution in [3.63, 3.8) is 0 Å². The largest absolute Gasteiger partial charge is 0.372 e. The zero-order valence-corrected chi connectivity index (χ0v) is 19.5. The fourth-order valence-electron chi connectivity index (χ4n) is 3.63. The van der Waals surface area contributed by atoms with Gasteiger partial charge in [-0.15, -0.1) is 0 Å². The number of benzene rings is 3. The Bertz CT molecular complexity index is 1570. The number of nitrogens with one attached hydrogen (secondary N) is 1. The number of pyridine rings is 1. The lowest BCUT2D eigenvalue weighted by Crippen LogP contribution is -2.34. The molecule has 168 valence electrons. The third-order valence-electron chi connectivity index (χ3n) is 5.26. The van der Waals surface area contributed by atoms with Gasteiger partial charge in [-0.25, -0.2) is 13.4 Å². The van der Waals surface area contributed by atoms with Gasteiger partial charge < -0.3 is 0 Å². The molecule has 0 aliphatic heterocycles. The first-order valence-electron chi connectivity index (χ1n) is 10.6. The van der Waals surface area contributed by atoms with Crippen LogP contribution >= 0.6 is 11.6 Å². The molecular formula is C26H20ClN4O2S+. The summed E-state index contributed by atoms with van der Waals surface area (Å²) in [5, 5.41) is 0.455. The molecule has 8 heteroatoms.